The van der Waals surface area contributed by atoms with E-state index in [1.807, 2.05) is 53.4 Å². The lowest BCUT2D eigenvalue weighted by atomic mass is 9.95. The van der Waals surface area contributed by atoms with Crippen molar-refractivity contribution in [3.63, 3.8) is 0 Å². The zero-order valence-electron chi connectivity index (χ0n) is 15.5. The Bertz CT molecular complexity index is 1100. The minimum Gasteiger partial charge on any atom is -0.448 e. The van der Waals surface area contributed by atoms with Crippen LogP contribution in [0.3, 0.4) is 0 Å². The summed E-state index contributed by atoms with van der Waals surface area (Å²) in [6.45, 7) is 0.447. The molecule has 1 aromatic heterocycles. The van der Waals surface area contributed by atoms with Gasteiger partial charge in [0.2, 0.25) is 11.8 Å². The van der Waals surface area contributed by atoms with Gasteiger partial charge in [0.05, 0.1) is 23.9 Å². The highest BCUT2D eigenvalue weighted by Gasteiger charge is 2.51. The topological polar surface area (TPSA) is 81.4 Å². The number of amidine groups is 1. The number of nitrogens with zero attached hydrogens (tertiary/aromatic N) is 1. The quantitative estimate of drug-likeness (QED) is 0.580. The fraction of sp³-hybridized carbons (Fsp3) is 0.182. The first-order valence-electron chi connectivity index (χ1n) is 9.42. The minimum atomic E-state index is -0.486. The lowest BCUT2D eigenvalue weighted by Gasteiger charge is -2.29. The van der Waals surface area contributed by atoms with Gasteiger partial charge in [-0.3, -0.25) is 10.2 Å². The van der Waals surface area contributed by atoms with Crippen molar-refractivity contribution in [2.24, 2.45) is 0 Å². The molecule has 2 heterocycles. The largest absolute Gasteiger partial charge is 0.448 e. The Hall–Kier alpha value is -3.25. The standard InChI is InChI=1S/C22H19ClN4O2/c23-15-3-1-2-14(12-15)22(9-10-22)21(28)26-16-4-6-17(7-5-16)27-13-25-20-18(19(27)24)8-11-29-20/h1-8,11-12,24-25H,9-10,13H2,(H,26,28). The van der Waals surface area contributed by atoms with Crippen molar-refractivity contribution in [3.8, 4) is 0 Å². The zero-order chi connectivity index (χ0) is 20.0. The first-order chi connectivity index (χ1) is 14.1. The number of benzene rings is 2. The van der Waals surface area contributed by atoms with E-state index in [9.17, 15) is 4.79 Å². The van der Waals surface area contributed by atoms with Gasteiger partial charge in [0, 0.05) is 16.4 Å². The van der Waals surface area contributed by atoms with E-state index in [0.29, 0.717) is 23.4 Å². The molecule has 0 bridgehead atoms. The Labute approximate surface area is 173 Å². The SMILES string of the molecule is N=C1c2ccoc2NCN1c1ccc(NC(=O)C2(c3cccc(Cl)c3)CC2)cc1. The van der Waals surface area contributed by atoms with E-state index in [0.717, 1.165) is 35.3 Å². The maximum Gasteiger partial charge on any atom is 0.235 e. The molecule has 1 fully saturated rings. The Morgan fingerprint density at radius 3 is 2.69 bits per heavy atom. The van der Waals surface area contributed by atoms with Gasteiger partial charge in [0.1, 0.15) is 5.84 Å². The van der Waals surface area contributed by atoms with Crippen LogP contribution in [0.25, 0.3) is 0 Å². The van der Waals surface area contributed by atoms with Crippen LogP contribution in [0, 0.1) is 5.41 Å². The average Bonchev–Trinajstić information content (AvgIpc) is 3.40. The van der Waals surface area contributed by atoms with E-state index in [1.54, 1.807) is 12.3 Å². The molecule has 5 rings (SSSR count). The molecule has 146 valence electrons. The average molecular weight is 407 g/mol. The molecule has 6 nitrogen and oxygen atoms in total. The van der Waals surface area contributed by atoms with Crippen molar-refractivity contribution in [3.05, 3.63) is 77.0 Å². The van der Waals surface area contributed by atoms with Gasteiger partial charge < -0.3 is 20.0 Å². The van der Waals surface area contributed by atoms with Gasteiger partial charge in [-0.1, -0.05) is 23.7 Å². The molecule has 29 heavy (non-hydrogen) atoms. The molecule has 2 aromatic carbocycles. The monoisotopic (exact) mass is 406 g/mol. The van der Waals surface area contributed by atoms with Crippen LogP contribution in [-0.2, 0) is 10.2 Å². The van der Waals surface area contributed by atoms with E-state index in [-0.39, 0.29) is 5.91 Å². The predicted molar refractivity (Wildman–Crippen MR) is 114 cm³/mol. The summed E-state index contributed by atoms with van der Waals surface area (Å²) in [6.07, 6.45) is 3.21. The third kappa shape index (κ3) is 3.06. The molecular weight excluding hydrogens is 388 g/mol. The lowest BCUT2D eigenvalue weighted by molar-refractivity contribution is -0.118. The number of halogens is 1. The van der Waals surface area contributed by atoms with Gasteiger partial charge in [0.25, 0.3) is 0 Å². The second-order valence-electron chi connectivity index (χ2n) is 7.37. The van der Waals surface area contributed by atoms with E-state index >= 15 is 0 Å². The molecule has 1 aliphatic carbocycles. The summed E-state index contributed by atoms with van der Waals surface area (Å²) in [4.78, 5) is 14.8. The molecule has 3 aromatic rings. The van der Waals surface area contributed by atoms with Crippen LogP contribution >= 0.6 is 11.6 Å². The highest BCUT2D eigenvalue weighted by Crippen LogP contribution is 2.49. The van der Waals surface area contributed by atoms with E-state index < -0.39 is 5.41 Å². The molecule has 0 spiro atoms. The van der Waals surface area contributed by atoms with Crippen LogP contribution in [-0.4, -0.2) is 18.4 Å². The van der Waals surface area contributed by atoms with Gasteiger partial charge in [-0.05, 0) is 60.9 Å². The van der Waals surface area contributed by atoms with Gasteiger partial charge in [-0.25, -0.2) is 0 Å². The van der Waals surface area contributed by atoms with Crippen LogP contribution < -0.4 is 15.5 Å². The number of carbonyl (C=O) groups excluding carboxylic acids is 1. The third-order valence-corrected chi connectivity index (χ3v) is 5.82. The molecule has 1 saturated carbocycles. The maximum atomic E-state index is 12.9. The number of anilines is 3. The van der Waals surface area contributed by atoms with Crippen molar-refractivity contribution in [2.45, 2.75) is 18.3 Å². The second-order valence-corrected chi connectivity index (χ2v) is 7.80. The fourth-order valence-corrected chi connectivity index (χ4v) is 3.95. The molecule has 3 N–H and O–H groups in total. The first kappa shape index (κ1) is 17.8. The summed E-state index contributed by atoms with van der Waals surface area (Å²) in [6, 6.07) is 16.8. The summed E-state index contributed by atoms with van der Waals surface area (Å²) in [5.41, 5.74) is 2.80. The summed E-state index contributed by atoms with van der Waals surface area (Å²) >= 11 is 6.11. The summed E-state index contributed by atoms with van der Waals surface area (Å²) in [5.74, 6) is 0.982. The van der Waals surface area contributed by atoms with Crippen LogP contribution in [0.2, 0.25) is 5.02 Å². The second kappa shape index (κ2) is 6.67. The van der Waals surface area contributed by atoms with Gasteiger partial charge in [-0.15, -0.1) is 0 Å². The lowest BCUT2D eigenvalue weighted by Crippen LogP contribution is -2.39. The molecule has 0 atom stereocenters. The molecule has 2 aliphatic rings. The number of carbonyl (C=O) groups is 1. The van der Waals surface area contributed by atoms with Crippen LogP contribution in [0.4, 0.5) is 17.3 Å². The zero-order valence-corrected chi connectivity index (χ0v) is 16.3. The Morgan fingerprint density at radius 1 is 1.17 bits per heavy atom. The third-order valence-electron chi connectivity index (χ3n) is 5.59. The highest BCUT2D eigenvalue weighted by atomic mass is 35.5. The molecule has 0 radical (unpaired) electrons. The van der Waals surface area contributed by atoms with Gasteiger partial charge in [0.15, 0.2) is 0 Å². The van der Waals surface area contributed by atoms with Crippen molar-refractivity contribution in [1.82, 2.24) is 0 Å². The molecule has 7 heteroatoms. The van der Waals surface area contributed by atoms with Crippen molar-refractivity contribution in [1.29, 1.82) is 5.41 Å². The number of fused-ring (bicyclic) bond motifs is 1. The smallest absolute Gasteiger partial charge is 0.235 e. The highest BCUT2D eigenvalue weighted by molar-refractivity contribution is 6.30. The minimum absolute atomic E-state index is 0.0112. The molecule has 1 amide bonds. The van der Waals surface area contributed by atoms with Gasteiger partial charge in [-0.2, -0.15) is 0 Å². The van der Waals surface area contributed by atoms with Crippen molar-refractivity contribution >= 4 is 40.6 Å². The number of nitrogens with one attached hydrogen (secondary N) is 3. The summed E-state index contributed by atoms with van der Waals surface area (Å²) in [7, 11) is 0. The normalized spacial score (nSPS) is 16.7. The Balaban J connectivity index is 1.31. The van der Waals surface area contributed by atoms with Gasteiger partial charge >= 0.3 is 0 Å². The number of hydrogen-bond acceptors (Lipinski definition) is 4. The van der Waals surface area contributed by atoms with E-state index in [2.05, 4.69) is 10.6 Å². The molecule has 0 saturated heterocycles. The van der Waals surface area contributed by atoms with Crippen LogP contribution in [0.5, 0.6) is 0 Å². The van der Waals surface area contributed by atoms with Crippen LogP contribution in [0.15, 0.2) is 65.3 Å². The van der Waals surface area contributed by atoms with Crippen molar-refractivity contribution < 1.29 is 9.21 Å². The fourth-order valence-electron chi connectivity index (χ4n) is 3.76. The number of furan rings is 1. The molecule has 0 unspecified atom stereocenters. The molecule has 1 aliphatic heterocycles. The number of amides is 1. The summed E-state index contributed by atoms with van der Waals surface area (Å²) < 4.78 is 5.32. The molecular formula is C22H19ClN4O2. The maximum absolute atomic E-state index is 12.9. The Kier molecular flexibility index (Phi) is 4.10. The van der Waals surface area contributed by atoms with Crippen molar-refractivity contribution in [2.75, 3.05) is 22.2 Å². The Morgan fingerprint density at radius 2 is 1.97 bits per heavy atom. The number of hydrogen-bond donors (Lipinski definition) is 3. The summed E-state index contributed by atoms with van der Waals surface area (Å²) in [5, 5.41) is 15.2. The van der Waals surface area contributed by atoms with E-state index in [4.69, 9.17) is 21.4 Å². The van der Waals surface area contributed by atoms with E-state index in [1.165, 1.54) is 0 Å². The van der Waals surface area contributed by atoms with Crippen LogP contribution in [0.1, 0.15) is 24.0 Å². The number of rotatable bonds is 4. The first-order valence-corrected chi connectivity index (χ1v) is 9.80. The predicted octanol–water partition coefficient (Wildman–Crippen LogP) is 4.82.